The number of thiazole rings is 1. The van der Waals surface area contributed by atoms with Crippen molar-refractivity contribution in [3.05, 3.63) is 50.6 Å². The van der Waals surface area contributed by atoms with Crippen molar-refractivity contribution in [1.82, 2.24) is 10.3 Å². The van der Waals surface area contributed by atoms with E-state index in [1.165, 1.54) is 6.07 Å². The van der Waals surface area contributed by atoms with Crippen LogP contribution in [0.2, 0.25) is 0 Å². The summed E-state index contributed by atoms with van der Waals surface area (Å²) in [5, 5.41) is 3.15. The van der Waals surface area contributed by atoms with Crippen molar-refractivity contribution in [2.24, 2.45) is 0 Å². The molecule has 1 aromatic carbocycles. The normalized spacial score (nSPS) is 12.6. The van der Waals surface area contributed by atoms with Crippen LogP contribution >= 0.6 is 27.3 Å². The molecule has 0 spiro atoms. The number of benzene rings is 1. The minimum Gasteiger partial charge on any atom is -0.313 e. The highest BCUT2D eigenvalue weighted by Crippen LogP contribution is 2.29. The third kappa shape index (κ3) is 2.91. The quantitative estimate of drug-likeness (QED) is 0.933. The zero-order valence-electron chi connectivity index (χ0n) is 9.28. The Bertz CT molecular complexity index is 467. The fraction of sp³-hybridized carbons (Fsp3) is 0.250. The van der Waals surface area contributed by atoms with Gasteiger partial charge in [0.25, 0.3) is 0 Å². The van der Waals surface area contributed by atoms with Crippen molar-refractivity contribution in [3.8, 4) is 0 Å². The van der Waals surface area contributed by atoms with Gasteiger partial charge in [-0.1, -0.05) is 22.0 Å². The maximum Gasteiger partial charge on any atom is 0.129 e. The summed E-state index contributed by atoms with van der Waals surface area (Å²) in [6.07, 6.45) is 2.56. The maximum absolute atomic E-state index is 13.8. The van der Waals surface area contributed by atoms with E-state index in [-0.39, 0.29) is 11.9 Å². The van der Waals surface area contributed by atoms with Gasteiger partial charge in [0.1, 0.15) is 5.82 Å². The van der Waals surface area contributed by atoms with Gasteiger partial charge in [0, 0.05) is 33.6 Å². The lowest BCUT2D eigenvalue weighted by Gasteiger charge is -2.18. The molecule has 1 unspecified atom stereocenters. The van der Waals surface area contributed by atoms with Crippen LogP contribution in [0.5, 0.6) is 0 Å². The molecule has 0 aliphatic heterocycles. The summed E-state index contributed by atoms with van der Waals surface area (Å²) in [4.78, 5) is 5.17. The molecule has 1 atom stereocenters. The molecule has 90 valence electrons. The van der Waals surface area contributed by atoms with Crippen LogP contribution in [0.25, 0.3) is 0 Å². The van der Waals surface area contributed by atoms with Crippen LogP contribution in [-0.4, -0.2) is 12.0 Å². The highest BCUT2D eigenvalue weighted by atomic mass is 79.9. The summed E-state index contributed by atoms with van der Waals surface area (Å²) in [5.41, 5.74) is 2.46. The average molecular weight is 315 g/mol. The van der Waals surface area contributed by atoms with E-state index in [1.54, 1.807) is 22.9 Å². The smallest absolute Gasteiger partial charge is 0.129 e. The molecule has 0 aliphatic carbocycles. The topological polar surface area (TPSA) is 24.9 Å². The van der Waals surface area contributed by atoms with Gasteiger partial charge < -0.3 is 5.32 Å². The largest absolute Gasteiger partial charge is 0.313 e. The highest BCUT2D eigenvalue weighted by molar-refractivity contribution is 9.10. The lowest BCUT2D eigenvalue weighted by molar-refractivity contribution is 0.533. The van der Waals surface area contributed by atoms with Crippen LogP contribution in [0.3, 0.4) is 0 Å². The second-order valence-corrected chi connectivity index (χ2v) is 5.47. The lowest BCUT2D eigenvalue weighted by atomic mass is 10.0. The minimum atomic E-state index is -0.191. The first-order valence-electron chi connectivity index (χ1n) is 5.21. The third-order valence-electron chi connectivity index (χ3n) is 2.59. The molecular weight excluding hydrogens is 303 g/mol. The van der Waals surface area contributed by atoms with Gasteiger partial charge in [0.05, 0.1) is 5.51 Å². The van der Waals surface area contributed by atoms with Gasteiger partial charge in [-0.15, -0.1) is 11.3 Å². The van der Waals surface area contributed by atoms with Gasteiger partial charge in [0.15, 0.2) is 0 Å². The van der Waals surface area contributed by atoms with Gasteiger partial charge in [-0.3, -0.25) is 4.98 Å². The van der Waals surface area contributed by atoms with Crippen molar-refractivity contribution in [1.29, 1.82) is 0 Å². The number of nitrogens with one attached hydrogen (secondary N) is 1. The van der Waals surface area contributed by atoms with Crippen molar-refractivity contribution >= 4 is 27.3 Å². The second kappa shape index (κ2) is 5.71. The molecule has 1 N–H and O–H groups in total. The Hall–Kier alpha value is -0.780. The van der Waals surface area contributed by atoms with Gasteiger partial charge in [-0.05, 0) is 19.2 Å². The van der Waals surface area contributed by atoms with E-state index in [0.29, 0.717) is 5.56 Å². The van der Waals surface area contributed by atoms with Gasteiger partial charge >= 0.3 is 0 Å². The first-order valence-corrected chi connectivity index (χ1v) is 6.88. The van der Waals surface area contributed by atoms with E-state index in [9.17, 15) is 4.39 Å². The molecule has 17 heavy (non-hydrogen) atoms. The monoisotopic (exact) mass is 314 g/mol. The SMILES string of the molecule is CNC(Cc1cncs1)c1c(F)cccc1Br. The van der Waals surface area contributed by atoms with Gasteiger partial charge in [-0.2, -0.15) is 0 Å². The van der Waals surface area contributed by atoms with Crippen LogP contribution in [0, 0.1) is 5.82 Å². The molecule has 2 rings (SSSR count). The lowest BCUT2D eigenvalue weighted by Crippen LogP contribution is -2.20. The summed E-state index contributed by atoms with van der Waals surface area (Å²) in [6, 6.07) is 4.99. The Morgan fingerprint density at radius 3 is 2.94 bits per heavy atom. The van der Waals surface area contributed by atoms with Crippen molar-refractivity contribution in [3.63, 3.8) is 0 Å². The summed E-state index contributed by atoms with van der Waals surface area (Å²) < 4.78 is 14.6. The van der Waals surface area contributed by atoms with Gasteiger partial charge in [0.2, 0.25) is 0 Å². The van der Waals surface area contributed by atoms with Crippen molar-refractivity contribution in [2.75, 3.05) is 7.05 Å². The number of likely N-dealkylation sites (N-methyl/N-ethyl adjacent to an activating group) is 1. The first kappa shape index (κ1) is 12.7. The van der Waals surface area contributed by atoms with Crippen LogP contribution in [0.15, 0.2) is 34.4 Å². The highest BCUT2D eigenvalue weighted by Gasteiger charge is 2.18. The standard InChI is InChI=1S/C12H12BrFN2S/c1-15-11(5-8-6-16-7-17-8)12-9(13)3-2-4-10(12)14/h2-4,6-7,11,15H,5H2,1H3. The Morgan fingerprint density at radius 1 is 1.53 bits per heavy atom. The average Bonchev–Trinajstić information content (AvgIpc) is 2.80. The summed E-state index contributed by atoms with van der Waals surface area (Å²) in [6.45, 7) is 0. The number of aromatic nitrogens is 1. The molecule has 0 fully saturated rings. The van der Waals surface area contributed by atoms with Crippen LogP contribution in [0.1, 0.15) is 16.5 Å². The molecule has 0 bridgehead atoms. The van der Waals surface area contributed by atoms with Crippen molar-refractivity contribution < 1.29 is 4.39 Å². The molecule has 1 aromatic heterocycles. The minimum absolute atomic E-state index is 0.0500. The molecular formula is C12H12BrFN2S. The van der Waals surface area contributed by atoms with E-state index < -0.39 is 0 Å². The molecule has 2 nitrogen and oxygen atoms in total. The number of hydrogen-bond acceptors (Lipinski definition) is 3. The molecule has 0 saturated heterocycles. The summed E-state index contributed by atoms with van der Waals surface area (Å²) in [7, 11) is 1.84. The summed E-state index contributed by atoms with van der Waals surface area (Å²) in [5.74, 6) is -0.191. The fourth-order valence-electron chi connectivity index (χ4n) is 1.74. The van der Waals surface area contributed by atoms with Crippen LogP contribution < -0.4 is 5.32 Å². The Balaban J connectivity index is 2.29. The zero-order chi connectivity index (χ0) is 12.3. The Morgan fingerprint density at radius 2 is 2.35 bits per heavy atom. The Labute approximate surface area is 112 Å². The van der Waals surface area contributed by atoms with Gasteiger partial charge in [-0.25, -0.2) is 4.39 Å². The zero-order valence-corrected chi connectivity index (χ0v) is 11.7. The molecule has 0 aliphatic rings. The van der Waals surface area contributed by atoms with E-state index in [0.717, 1.165) is 15.8 Å². The van der Waals surface area contributed by atoms with Crippen LogP contribution in [-0.2, 0) is 6.42 Å². The first-order chi connectivity index (χ1) is 8.22. The molecule has 0 amide bonds. The molecule has 0 saturated carbocycles. The molecule has 2 aromatic rings. The number of halogens is 2. The van der Waals surface area contributed by atoms with E-state index in [1.807, 2.05) is 19.3 Å². The number of hydrogen-bond donors (Lipinski definition) is 1. The molecule has 0 radical (unpaired) electrons. The molecule has 1 heterocycles. The van der Waals surface area contributed by atoms with E-state index in [4.69, 9.17) is 0 Å². The maximum atomic E-state index is 13.8. The number of nitrogens with zero attached hydrogens (tertiary/aromatic N) is 1. The predicted octanol–water partition coefficient (Wildman–Crippen LogP) is 3.55. The summed E-state index contributed by atoms with van der Waals surface area (Å²) >= 11 is 4.98. The third-order valence-corrected chi connectivity index (χ3v) is 4.08. The van der Waals surface area contributed by atoms with Crippen molar-refractivity contribution in [2.45, 2.75) is 12.5 Å². The van der Waals surface area contributed by atoms with E-state index in [2.05, 4.69) is 26.2 Å². The predicted molar refractivity (Wildman–Crippen MR) is 71.7 cm³/mol. The van der Waals surface area contributed by atoms with E-state index >= 15 is 0 Å². The fourth-order valence-corrected chi connectivity index (χ4v) is 3.00. The number of rotatable bonds is 4. The second-order valence-electron chi connectivity index (χ2n) is 3.65. The Kier molecular flexibility index (Phi) is 4.25. The molecule has 5 heteroatoms. The van der Waals surface area contributed by atoms with Crippen LogP contribution in [0.4, 0.5) is 4.39 Å².